The highest BCUT2D eigenvalue weighted by Gasteiger charge is 2.63. The second kappa shape index (κ2) is 4.47. The first-order valence-corrected chi connectivity index (χ1v) is 9.97. The van der Waals surface area contributed by atoms with Gasteiger partial charge in [-0.05, 0) is 89.7 Å². The summed E-state index contributed by atoms with van der Waals surface area (Å²) in [6.45, 7) is 2.55. The van der Waals surface area contributed by atoms with Crippen LogP contribution in [0.2, 0.25) is 5.02 Å². The van der Waals surface area contributed by atoms with Crippen molar-refractivity contribution < 1.29 is 0 Å². The third-order valence-corrected chi connectivity index (χ3v) is 8.36. The maximum absolute atomic E-state index is 6.40. The second-order valence-electron chi connectivity index (χ2n) is 8.84. The van der Waals surface area contributed by atoms with Crippen molar-refractivity contribution in [3.05, 3.63) is 58.6 Å². The maximum atomic E-state index is 6.40. The van der Waals surface area contributed by atoms with E-state index < -0.39 is 0 Å². The van der Waals surface area contributed by atoms with E-state index in [1.54, 1.807) is 11.1 Å². The van der Waals surface area contributed by atoms with E-state index in [1.807, 2.05) is 0 Å². The molecule has 7 rings (SSSR count). The van der Waals surface area contributed by atoms with Gasteiger partial charge >= 0.3 is 0 Å². The Hall–Kier alpha value is -1.27. The standard InChI is InChI=1S/C23H23Cl/c1-13-15-8-14-9-16(11-15)23(22(13)10-14)20-5-3-2-4-18(20)19-12-17(24)6-7-21(19)23/h2-7,12-16,22H,8-11H2,1H3. The summed E-state index contributed by atoms with van der Waals surface area (Å²) in [4.78, 5) is 0. The molecule has 4 bridgehead atoms. The first kappa shape index (κ1) is 14.0. The van der Waals surface area contributed by atoms with Gasteiger partial charge in [0.05, 0.1) is 0 Å². The van der Waals surface area contributed by atoms with E-state index in [-0.39, 0.29) is 5.41 Å². The van der Waals surface area contributed by atoms with Crippen LogP contribution in [0.5, 0.6) is 0 Å². The number of hydrogen-bond acceptors (Lipinski definition) is 0. The van der Waals surface area contributed by atoms with Crippen molar-refractivity contribution in [2.45, 2.75) is 38.0 Å². The van der Waals surface area contributed by atoms with E-state index in [9.17, 15) is 0 Å². The van der Waals surface area contributed by atoms with Gasteiger partial charge in [0.15, 0.2) is 0 Å². The molecule has 2 aromatic carbocycles. The zero-order chi connectivity index (χ0) is 16.1. The van der Waals surface area contributed by atoms with Gasteiger partial charge in [-0.2, -0.15) is 0 Å². The Morgan fingerprint density at radius 2 is 1.75 bits per heavy atom. The summed E-state index contributed by atoms with van der Waals surface area (Å²) in [5.41, 5.74) is 6.34. The Labute approximate surface area is 149 Å². The number of benzene rings is 2. The lowest BCUT2D eigenvalue weighted by molar-refractivity contribution is -0.0817. The third-order valence-electron chi connectivity index (χ3n) is 8.13. The van der Waals surface area contributed by atoms with Crippen LogP contribution in [0.15, 0.2) is 42.5 Å². The molecule has 2 aromatic rings. The van der Waals surface area contributed by atoms with Gasteiger partial charge in [-0.3, -0.25) is 0 Å². The number of hydrogen-bond donors (Lipinski definition) is 0. The SMILES string of the molecule is CC1C2CC3CC(C2)C2(c4ccccc4-c4cc(Cl)ccc42)C1C3. The van der Waals surface area contributed by atoms with Crippen LogP contribution in [0.3, 0.4) is 0 Å². The molecule has 5 aliphatic rings. The van der Waals surface area contributed by atoms with Gasteiger partial charge < -0.3 is 0 Å². The number of halogens is 1. The molecule has 1 spiro atoms. The third kappa shape index (κ3) is 1.44. The highest BCUT2D eigenvalue weighted by atomic mass is 35.5. The molecule has 0 amide bonds. The highest BCUT2D eigenvalue weighted by molar-refractivity contribution is 6.31. The lowest BCUT2D eigenvalue weighted by Gasteiger charge is -2.63. The first-order chi connectivity index (χ1) is 11.7. The van der Waals surface area contributed by atoms with Crippen LogP contribution in [0.1, 0.15) is 43.7 Å². The summed E-state index contributed by atoms with van der Waals surface area (Å²) >= 11 is 6.40. The van der Waals surface area contributed by atoms with E-state index in [1.165, 1.54) is 36.8 Å². The Balaban J connectivity index is 1.69. The first-order valence-electron chi connectivity index (χ1n) is 9.59. The smallest absolute Gasteiger partial charge is 0.0412 e. The van der Waals surface area contributed by atoms with Gasteiger partial charge in [-0.15, -0.1) is 0 Å². The average Bonchev–Trinajstić information content (AvgIpc) is 2.87. The molecule has 5 aliphatic carbocycles. The van der Waals surface area contributed by atoms with Crippen LogP contribution in [-0.2, 0) is 5.41 Å². The molecular formula is C23H23Cl. The average molecular weight is 335 g/mol. The molecule has 24 heavy (non-hydrogen) atoms. The minimum absolute atomic E-state index is 0.267. The van der Waals surface area contributed by atoms with Gasteiger partial charge in [-0.1, -0.05) is 48.9 Å². The molecule has 6 unspecified atom stereocenters. The predicted molar refractivity (Wildman–Crippen MR) is 99.3 cm³/mol. The van der Waals surface area contributed by atoms with Gasteiger partial charge in [0, 0.05) is 10.4 Å². The van der Waals surface area contributed by atoms with E-state index in [2.05, 4.69) is 49.4 Å². The fraction of sp³-hybridized carbons (Fsp3) is 0.478. The number of fused-ring (bicyclic) bond motifs is 3. The van der Waals surface area contributed by atoms with Crippen LogP contribution in [-0.4, -0.2) is 0 Å². The van der Waals surface area contributed by atoms with Crippen molar-refractivity contribution in [1.29, 1.82) is 0 Å². The largest absolute Gasteiger partial charge is 0.0843 e. The fourth-order valence-electron chi connectivity index (χ4n) is 7.45. The van der Waals surface area contributed by atoms with Crippen LogP contribution >= 0.6 is 11.6 Å². The minimum Gasteiger partial charge on any atom is -0.0843 e. The van der Waals surface area contributed by atoms with Gasteiger partial charge in [-0.25, -0.2) is 0 Å². The molecule has 0 aromatic heterocycles. The summed E-state index contributed by atoms with van der Waals surface area (Å²) in [7, 11) is 0. The monoisotopic (exact) mass is 334 g/mol. The van der Waals surface area contributed by atoms with Crippen molar-refractivity contribution >= 4 is 11.6 Å². The Kier molecular flexibility index (Phi) is 2.60. The molecule has 4 saturated carbocycles. The van der Waals surface area contributed by atoms with Crippen molar-refractivity contribution in [3.63, 3.8) is 0 Å². The van der Waals surface area contributed by atoms with Crippen LogP contribution in [0.4, 0.5) is 0 Å². The molecular weight excluding hydrogens is 312 g/mol. The topological polar surface area (TPSA) is 0 Å². The summed E-state index contributed by atoms with van der Waals surface area (Å²) in [6, 6.07) is 15.9. The van der Waals surface area contributed by atoms with Crippen molar-refractivity contribution in [3.8, 4) is 11.1 Å². The summed E-state index contributed by atoms with van der Waals surface area (Å²) in [6.07, 6.45) is 5.81. The van der Waals surface area contributed by atoms with E-state index in [0.717, 1.165) is 34.6 Å². The number of rotatable bonds is 0. The molecule has 6 atom stereocenters. The predicted octanol–water partition coefficient (Wildman–Crippen LogP) is 6.31. The van der Waals surface area contributed by atoms with Crippen LogP contribution in [0.25, 0.3) is 11.1 Å². The molecule has 0 aliphatic heterocycles. The maximum Gasteiger partial charge on any atom is 0.0412 e. The zero-order valence-electron chi connectivity index (χ0n) is 14.1. The molecule has 0 nitrogen and oxygen atoms in total. The quantitative estimate of drug-likeness (QED) is 0.529. The molecule has 0 heterocycles. The molecule has 122 valence electrons. The fourth-order valence-corrected chi connectivity index (χ4v) is 7.62. The summed E-state index contributed by atoms with van der Waals surface area (Å²) in [5.74, 6) is 4.47. The van der Waals surface area contributed by atoms with Gasteiger partial charge in [0.25, 0.3) is 0 Å². The summed E-state index contributed by atoms with van der Waals surface area (Å²) < 4.78 is 0. The van der Waals surface area contributed by atoms with Crippen LogP contribution < -0.4 is 0 Å². The molecule has 1 heteroatoms. The molecule has 0 radical (unpaired) electrons. The van der Waals surface area contributed by atoms with E-state index >= 15 is 0 Å². The van der Waals surface area contributed by atoms with Gasteiger partial charge in [0.2, 0.25) is 0 Å². The van der Waals surface area contributed by atoms with E-state index in [4.69, 9.17) is 11.6 Å². The molecule has 4 fully saturated rings. The van der Waals surface area contributed by atoms with Crippen LogP contribution in [0, 0.1) is 29.6 Å². The lowest BCUT2D eigenvalue weighted by Crippen LogP contribution is -2.58. The second-order valence-corrected chi connectivity index (χ2v) is 9.27. The Morgan fingerprint density at radius 1 is 0.917 bits per heavy atom. The summed E-state index contributed by atoms with van der Waals surface area (Å²) in [5, 5.41) is 0.873. The lowest BCUT2D eigenvalue weighted by atomic mass is 9.40. The van der Waals surface area contributed by atoms with Gasteiger partial charge in [0.1, 0.15) is 0 Å². The molecule has 0 saturated heterocycles. The van der Waals surface area contributed by atoms with Crippen molar-refractivity contribution in [2.24, 2.45) is 29.6 Å². The minimum atomic E-state index is 0.267. The Bertz CT molecular complexity index is 853. The van der Waals surface area contributed by atoms with Crippen molar-refractivity contribution in [2.75, 3.05) is 0 Å². The van der Waals surface area contributed by atoms with Crippen molar-refractivity contribution in [1.82, 2.24) is 0 Å². The van der Waals surface area contributed by atoms with E-state index in [0.29, 0.717) is 0 Å². The normalized spacial score (nSPS) is 40.8. The molecule has 0 N–H and O–H groups in total. The zero-order valence-corrected chi connectivity index (χ0v) is 14.9. The highest BCUT2D eigenvalue weighted by Crippen LogP contribution is 2.70. The Morgan fingerprint density at radius 3 is 2.67 bits per heavy atom.